The largest absolute Gasteiger partial charge is 0.444 e. The fraction of sp³-hybridized carbons (Fsp3) is 0.125. The highest BCUT2D eigenvalue weighted by Crippen LogP contribution is 2.27. The highest BCUT2D eigenvalue weighted by atomic mass is 32.2. The predicted octanol–water partition coefficient (Wildman–Crippen LogP) is 3.31. The first-order valence-electron chi connectivity index (χ1n) is 7.06. The first-order valence-corrected chi connectivity index (χ1v) is 8.05. The van der Waals surface area contributed by atoms with Crippen molar-refractivity contribution in [1.82, 2.24) is 24.7 Å². The van der Waals surface area contributed by atoms with Crippen LogP contribution in [-0.4, -0.2) is 24.7 Å². The average Bonchev–Trinajstić information content (AvgIpc) is 3.22. The summed E-state index contributed by atoms with van der Waals surface area (Å²) in [5.41, 5.74) is 2.68. The van der Waals surface area contributed by atoms with Gasteiger partial charge >= 0.3 is 0 Å². The third-order valence-electron chi connectivity index (χ3n) is 3.42. The number of benzene rings is 1. The molecule has 0 atom stereocenters. The Balaban J connectivity index is 1.54. The van der Waals surface area contributed by atoms with Gasteiger partial charge in [-0.05, 0) is 12.1 Å². The second-order valence-electron chi connectivity index (χ2n) is 4.98. The van der Waals surface area contributed by atoms with E-state index in [0.29, 0.717) is 11.6 Å². The van der Waals surface area contributed by atoms with Crippen LogP contribution in [-0.2, 0) is 12.8 Å². The number of aryl methyl sites for hydroxylation is 1. The van der Waals surface area contributed by atoms with Crippen molar-refractivity contribution in [2.24, 2.45) is 7.05 Å². The molecule has 3 aromatic heterocycles. The monoisotopic (exact) mass is 323 g/mol. The number of rotatable bonds is 4. The highest BCUT2D eigenvalue weighted by Gasteiger charge is 2.11. The molecule has 0 amide bonds. The number of hydrogen-bond acceptors (Lipinski definition) is 6. The van der Waals surface area contributed by atoms with Gasteiger partial charge in [-0.2, -0.15) is 5.10 Å². The number of fused-ring (bicyclic) bond motifs is 1. The maximum absolute atomic E-state index is 5.56. The van der Waals surface area contributed by atoms with Gasteiger partial charge in [-0.3, -0.25) is 4.68 Å². The van der Waals surface area contributed by atoms with Crippen molar-refractivity contribution >= 4 is 22.8 Å². The standard InChI is InChI=1S/C16H13N5OS/c1-21-14-13(7-19-21)16(18-10-17-14)23-9-12-8-22-15(20-12)11-5-3-2-4-6-11/h2-8,10H,9H2,1H3. The second-order valence-corrected chi connectivity index (χ2v) is 5.95. The predicted molar refractivity (Wildman–Crippen MR) is 87.8 cm³/mol. The average molecular weight is 323 g/mol. The number of nitrogens with zero attached hydrogens (tertiary/aromatic N) is 5. The summed E-state index contributed by atoms with van der Waals surface area (Å²) in [6, 6.07) is 9.86. The molecule has 0 unspecified atom stereocenters. The van der Waals surface area contributed by atoms with Gasteiger partial charge in [0.2, 0.25) is 5.89 Å². The lowest BCUT2D eigenvalue weighted by atomic mass is 10.2. The summed E-state index contributed by atoms with van der Waals surface area (Å²) < 4.78 is 7.30. The summed E-state index contributed by atoms with van der Waals surface area (Å²) in [4.78, 5) is 13.1. The van der Waals surface area contributed by atoms with Gasteiger partial charge < -0.3 is 4.42 Å². The van der Waals surface area contributed by atoms with Crippen molar-refractivity contribution in [1.29, 1.82) is 0 Å². The molecule has 114 valence electrons. The Morgan fingerprint density at radius 2 is 2.04 bits per heavy atom. The van der Waals surface area contributed by atoms with E-state index in [1.807, 2.05) is 37.4 Å². The summed E-state index contributed by atoms with van der Waals surface area (Å²) in [5, 5.41) is 6.07. The molecule has 4 aromatic rings. The zero-order valence-corrected chi connectivity index (χ0v) is 13.2. The van der Waals surface area contributed by atoms with Gasteiger partial charge in [-0.15, -0.1) is 0 Å². The fourth-order valence-electron chi connectivity index (χ4n) is 2.28. The van der Waals surface area contributed by atoms with Crippen LogP contribution in [0.3, 0.4) is 0 Å². The van der Waals surface area contributed by atoms with Gasteiger partial charge in [-0.25, -0.2) is 15.0 Å². The zero-order chi connectivity index (χ0) is 15.6. The van der Waals surface area contributed by atoms with Gasteiger partial charge in [0.15, 0.2) is 5.65 Å². The smallest absolute Gasteiger partial charge is 0.226 e. The van der Waals surface area contributed by atoms with Crippen LogP contribution in [0.5, 0.6) is 0 Å². The third kappa shape index (κ3) is 2.70. The van der Waals surface area contributed by atoms with E-state index in [4.69, 9.17) is 4.42 Å². The topological polar surface area (TPSA) is 69.6 Å². The van der Waals surface area contributed by atoms with Gasteiger partial charge in [0.1, 0.15) is 17.6 Å². The van der Waals surface area contributed by atoms with Gasteiger partial charge in [0.25, 0.3) is 0 Å². The van der Waals surface area contributed by atoms with E-state index >= 15 is 0 Å². The lowest BCUT2D eigenvalue weighted by molar-refractivity contribution is 0.573. The molecule has 0 saturated carbocycles. The minimum absolute atomic E-state index is 0.635. The third-order valence-corrected chi connectivity index (χ3v) is 4.46. The van der Waals surface area contributed by atoms with E-state index in [2.05, 4.69) is 20.1 Å². The summed E-state index contributed by atoms with van der Waals surface area (Å²) in [6.45, 7) is 0. The van der Waals surface area contributed by atoms with Gasteiger partial charge in [0.05, 0.1) is 17.3 Å². The van der Waals surface area contributed by atoms with E-state index < -0.39 is 0 Å². The molecular weight excluding hydrogens is 310 g/mol. The minimum atomic E-state index is 0.635. The maximum atomic E-state index is 5.56. The minimum Gasteiger partial charge on any atom is -0.444 e. The molecule has 0 fully saturated rings. The molecule has 0 aliphatic rings. The quantitative estimate of drug-likeness (QED) is 0.424. The Morgan fingerprint density at radius 1 is 1.17 bits per heavy atom. The van der Waals surface area contributed by atoms with Crippen molar-refractivity contribution < 1.29 is 4.42 Å². The highest BCUT2D eigenvalue weighted by molar-refractivity contribution is 7.98. The van der Waals surface area contributed by atoms with Crippen molar-refractivity contribution in [2.75, 3.05) is 0 Å². The Hall–Kier alpha value is -2.67. The molecule has 0 aliphatic carbocycles. The molecule has 7 heteroatoms. The zero-order valence-electron chi connectivity index (χ0n) is 12.4. The number of aromatic nitrogens is 5. The Bertz CT molecular complexity index is 947. The molecule has 0 bridgehead atoms. The van der Waals surface area contributed by atoms with E-state index in [9.17, 15) is 0 Å². The molecule has 0 radical (unpaired) electrons. The SMILES string of the molecule is Cn1ncc2c(SCc3coc(-c4ccccc4)n3)ncnc21. The Labute approximate surface area is 136 Å². The van der Waals surface area contributed by atoms with Crippen LogP contribution in [0.15, 0.2) is 58.6 Å². The van der Waals surface area contributed by atoms with Crippen molar-refractivity contribution in [3.05, 3.63) is 54.8 Å². The summed E-state index contributed by atoms with van der Waals surface area (Å²) in [5.74, 6) is 1.31. The molecule has 0 spiro atoms. The summed E-state index contributed by atoms with van der Waals surface area (Å²) in [6.07, 6.45) is 5.04. The lowest BCUT2D eigenvalue weighted by Crippen LogP contribution is -1.93. The summed E-state index contributed by atoms with van der Waals surface area (Å²) in [7, 11) is 1.87. The van der Waals surface area contributed by atoms with Crippen LogP contribution in [0.25, 0.3) is 22.5 Å². The lowest BCUT2D eigenvalue weighted by Gasteiger charge is -1.99. The number of thioether (sulfide) groups is 1. The molecule has 0 N–H and O–H groups in total. The van der Waals surface area contributed by atoms with Crippen LogP contribution in [0.2, 0.25) is 0 Å². The molecule has 3 heterocycles. The van der Waals surface area contributed by atoms with Crippen LogP contribution in [0, 0.1) is 0 Å². The van der Waals surface area contributed by atoms with Crippen LogP contribution in [0.4, 0.5) is 0 Å². The second kappa shape index (κ2) is 5.85. The van der Waals surface area contributed by atoms with Crippen LogP contribution < -0.4 is 0 Å². The van der Waals surface area contributed by atoms with Crippen LogP contribution in [0.1, 0.15) is 5.69 Å². The Kier molecular flexibility index (Phi) is 3.55. The first-order chi connectivity index (χ1) is 11.3. The Morgan fingerprint density at radius 3 is 2.91 bits per heavy atom. The van der Waals surface area contributed by atoms with Crippen LogP contribution >= 0.6 is 11.8 Å². The molecule has 0 aliphatic heterocycles. The molecule has 23 heavy (non-hydrogen) atoms. The van der Waals surface area contributed by atoms with Gasteiger partial charge in [-0.1, -0.05) is 30.0 Å². The van der Waals surface area contributed by atoms with Crippen molar-refractivity contribution in [2.45, 2.75) is 10.8 Å². The van der Waals surface area contributed by atoms with E-state index in [-0.39, 0.29) is 0 Å². The summed E-state index contributed by atoms with van der Waals surface area (Å²) >= 11 is 1.60. The van der Waals surface area contributed by atoms with Crippen molar-refractivity contribution in [3.8, 4) is 11.5 Å². The van der Waals surface area contributed by atoms with Gasteiger partial charge in [0, 0.05) is 18.4 Å². The maximum Gasteiger partial charge on any atom is 0.226 e. The molecular formula is C16H13N5OS. The van der Waals surface area contributed by atoms with E-state index in [1.165, 1.54) is 0 Å². The first kappa shape index (κ1) is 14.0. The van der Waals surface area contributed by atoms with Crippen molar-refractivity contribution in [3.63, 3.8) is 0 Å². The fourth-order valence-corrected chi connectivity index (χ4v) is 3.12. The number of oxazole rings is 1. The normalized spacial score (nSPS) is 11.2. The molecule has 6 nitrogen and oxygen atoms in total. The van der Waals surface area contributed by atoms with E-state index in [0.717, 1.165) is 27.3 Å². The number of hydrogen-bond donors (Lipinski definition) is 0. The van der Waals surface area contributed by atoms with E-state index in [1.54, 1.807) is 35.2 Å². The molecule has 1 aromatic carbocycles. The molecule has 0 saturated heterocycles. The molecule has 4 rings (SSSR count).